The van der Waals surface area contributed by atoms with E-state index in [0.29, 0.717) is 17.8 Å². The molecule has 6 heteroatoms. The Balaban J connectivity index is 1.57. The van der Waals surface area contributed by atoms with Gasteiger partial charge in [-0.25, -0.2) is 4.98 Å². The van der Waals surface area contributed by atoms with E-state index in [4.69, 9.17) is 0 Å². The number of amides is 2. The molecule has 0 bridgehead atoms. The first-order valence-electron chi connectivity index (χ1n) is 8.97. The second-order valence-corrected chi connectivity index (χ2v) is 6.51. The number of benzene rings is 1. The molecule has 0 aliphatic carbocycles. The summed E-state index contributed by atoms with van der Waals surface area (Å²) in [5.41, 5.74) is 2.19. The van der Waals surface area contributed by atoms with E-state index in [1.165, 1.54) is 26.2 Å². The van der Waals surface area contributed by atoms with Crippen LogP contribution in [0.15, 0.2) is 42.6 Å². The zero-order valence-electron chi connectivity index (χ0n) is 15.0. The molecule has 1 aromatic heterocycles. The van der Waals surface area contributed by atoms with Crippen molar-refractivity contribution in [1.29, 1.82) is 0 Å². The second-order valence-electron chi connectivity index (χ2n) is 6.51. The molecule has 136 valence electrons. The van der Waals surface area contributed by atoms with Crippen molar-refractivity contribution in [3.8, 4) is 0 Å². The molecule has 0 spiro atoms. The van der Waals surface area contributed by atoms with Crippen LogP contribution in [-0.4, -0.2) is 29.9 Å². The minimum atomic E-state index is -0.177. The number of piperidine rings is 1. The first kappa shape index (κ1) is 17.9. The van der Waals surface area contributed by atoms with Crippen molar-refractivity contribution in [3.05, 3.63) is 53.7 Å². The Bertz CT molecular complexity index is 750. The van der Waals surface area contributed by atoms with Crippen LogP contribution in [0.4, 0.5) is 11.5 Å². The van der Waals surface area contributed by atoms with Gasteiger partial charge in [-0.15, -0.1) is 0 Å². The van der Waals surface area contributed by atoms with E-state index < -0.39 is 0 Å². The van der Waals surface area contributed by atoms with Crippen molar-refractivity contribution in [2.24, 2.45) is 0 Å². The summed E-state index contributed by atoms with van der Waals surface area (Å²) in [6.07, 6.45) is 5.40. The van der Waals surface area contributed by atoms with Crippen LogP contribution >= 0.6 is 0 Å². The highest BCUT2D eigenvalue weighted by Gasteiger charge is 2.12. The second kappa shape index (κ2) is 8.47. The van der Waals surface area contributed by atoms with Gasteiger partial charge in [0.15, 0.2) is 0 Å². The molecule has 26 heavy (non-hydrogen) atoms. The third kappa shape index (κ3) is 4.81. The van der Waals surface area contributed by atoms with Crippen LogP contribution in [0.2, 0.25) is 0 Å². The maximum absolute atomic E-state index is 12.4. The highest BCUT2D eigenvalue weighted by atomic mass is 16.2. The van der Waals surface area contributed by atoms with Crippen LogP contribution in [0.1, 0.15) is 42.1 Å². The fourth-order valence-electron chi connectivity index (χ4n) is 2.97. The molecule has 0 atom stereocenters. The van der Waals surface area contributed by atoms with Gasteiger partial charge in [0.1, 0.15) is 5.82 Å². The fraction of sp³-hybridized carbons (Fsp3) is 0.350. The first-order valence-corrected chi connectivity index (χ1v) is 8.97. The van der Waals surface area contributed by atoms with E-state index in [0.717, 1.165) is 24.5 Å². The van der Waals surface area contributed by atoms with E-state index in [1.807, 2.05) is 24.3 Å². The molecule has 1 aromatic carbocycles. The van der Waals surface area contributed by atoms with Gasteiger partial charge in [0, 0.05) is 32.1 Å². The van der Waals surface area contributed by atoms with E-state index >= 15 is 0 Å². The number of carbonyl (C=O) groups is 2. The van der Waals surface area contributed by atoms with Gasteiger partial charge < -0.3 is 15.5 Å². The normalized spacial score (nSPS) is 14.0. The number of aromatic nitrogens is 1. The zero-order valence-corrected chi connectivity index (χ0v) is 15.0. The highest BCUT2D eigenvalue weighted by Crippen LogP contribution is 2.19. The van der Waals surface area contributed by atoms with E-state index in [-0.39, 0.29) is 11.8 Å². The largest absolute Gasteiger partial charge is 0.357 e. The van der Waals surface area contributed by atoms with Gasteiger partial charge in [0.05, 0.1) is 11.9 Å². The Morgan fingerprint density at radius 1 is 1.04 bits per heavy atom. The van der Waals surface area contributed by atoms with Gasteiger partial charge in [-0.1, -0.05) is 12.1 Å². The Morgan fingerprint density at radius 3 is 2.38 bits per heavy atom. The van der Waals surface area contributed by atoms with Crippen LogP contribution in [0.25, 0.3) is 0 Å². The molecule has 2 aromatic rings. The molecule has 6 nitrogen and oxygen atoms in total. The predicted octanol–water partition coefficient (Wildman–Crippen LogP) is 2.96. The topological polar surface area (TPSA) is 74.3 Å². The van der Waals surface area contributed by atoms with Crippen molar-refractivity contribution in [2.45, 2.75) is 32.7 Å². The Morgan fingerprint density at radius 2 is 1.77 bits per heavy atom. The van der Waals surface area contributed by atoms with Crippen molar-refractivity contribution in [3.63, 3.8) is 0 Å². The molecule has 1 saturated heterocycles. The predicted molar refractivity (Wildman–Crippen MR) is 102 cm³/mol. The summed E-state index contributed by atoms with van der Waals surface area (Å²) in [7, 11) is 0. The molecule has 1 aliphatic heterocycles. The van der Waals surface area contributed by atoms with Crippen LogP contribution < -0.4 is 15.5 Å². The van der Waals surface area contributed by atoms with Crippen molar-refractivity contribution in [2.75, 3.05) is 23.3 Å². The minimum absolute atomic E-state index is 0.0766. The van der Waals surface area contributed by atoms with Crippen molar-refractivity contribution in [1.82, 2.24) is 10.3 Å². The molecule has 1 fully saturated rings. The first-order chi connectivity index (χ1) is 12.6. The minimum Gasteiger partial charge on any atom is -0.357 e. The van der Waals surface area contributed by atoms with Crippen LogP contribution in [-0.2, 0) is 11.3 Å². The summed E-state index contributed by atoms with van der Waals surface area (Å²) in [6.45, 7) is 4.03. The van der Waals surface area contributed by atoms with Gasteiger partial charge >= 0.3 is 0 Å². The summed E-state index contributed by atoms with van der Waals surface area (Å²) in [5, 5.41) is 5.60. The lowest BCUT2D eigenvalue weighted by Crippen LogP contribution is -2.30. The van der Waals surface area contributed by atoms with Crippen LogP contribution in [0.5, 0.6) is 0 Å². The summed E-state index contributed by atoms with van der Waals surface area (Å²) >= 11 is 0. The third-order valence-electron chi connectivity index (χ3n) is 4.44. The van der Waals surface area contributed by atoms with E-state index in [1.54, 1.807) is 18.3 Å². The van der Waals surface area contributed by atoms with Gasteiger partial charge in [0.2, 0.25) is 5.91 Å². The average Bonchev–Trinajstić information content (AvgIpc) is 2.68. The zero-order chi connectivity index (χ0) is 18.4. The Labute approximate surface area is 153 Å². The van der Waals surface area contributed by atoms with Crippen LogP contribution in [0, 0.1) is 0 Å². The molecule has 0 unspecified atom stereocenters. The number of rotatable bonds is 5. The maximum atomic E-state index is 12.4. The SMILES string of the molecule is CC(=O)NCc1ccc(C(=O)Nc2ccc(N3CCCCC3)nc2)cc1. The lowest BCUT2D eigenvalue weighted by Gasteiger charge is -2.27. The number of carbonyl (C=O) groups excluding carboxylic acids is 2. The highest BCUT2D eigenvalue weighted by molar-refractivity contribution is 6.04. The van der Waals surface area contributed by atoms with E-state index in [9.17, 15) is 9.59 Å². The molecule has 2 heterocycles. The van der Waals surface area contributed by atoms with Gasteiger partial charge in [-0.05, 0) is 49.1 Å². The molecule has 0 saturated carbocycles. The molecular weight excluding hydrogens is 328 g/mol. The monoisotopic (exact) mass is 352 g/mol. The summed E-state index contributed by atoms with van der Waals surface area (Å²) in [4.78, 5) is 30.1. The van der Waals surface area contributed by atoms with Crippen molar-refractivity contribution >= 4 is 23.3 Å². The average molecular weight is 352 g/mol. The van der Waals surface area contributed by atoms with Gasteiger partial charge in [0.25, 0.3) is 5.91 Å². The quantitative estimate of drug-likeness (QED) is 0.868. The number of hydrogen-bond acceptors (Lipinski definition) is 4. The number of hydrogen-bond donors (Lipinski definition) is 2. The van der Waals surface area contributed by atoms with Gasteiger partial charge in [-0.2, -0.15) is 0 Å². The van der Waals surface area contributed by atoms with E-state index in [2.05, 4.69) is 20.5 Å². The Kier molecular flexibility index (Phi) is 5.84. The summed E-state index contributed by atoms with van der Waals surface area (Å²) < 4.78 is 0. The summed E-state index contributed by atoms with van der Waals surface area (Å²) in [5.74, 6) is 0.709. The van der Waals surface area contributed by atoms with Crippen molar-refractivity contribution < 1.29 is 9.59 Å². The molecule has 3 rings (SSSR count). The lowest BCUT2D eigenvalue weighted by molar-refractivity contribution is -0.119. The molecule has 0 radical (unpaired) electrons. The third-order valence-corrected chi connectivity index (χ3v) is 4.44. The lowest BCUT2D eigenvalue weighted by atomic mass is 10.1. The molecule has 1 aliphatic rings. The number of anilines is 2. The molecule has 2 N–H and O–H groups in total. The number of nitrogens with one attached hydrogen (secondary N) is 2. The smallest absolute Gasteiger partial charge is 0.255 e. The maximum Gasteiger partial charge on any atom is 0.255 e. The molecular formula is C20H24N4O2. The van der Waals surface area contributed by atoms with Gasteiger partial charge in [-0.3, -0.25) is 9.59 Å². The fourth-order valence-corrected chi connectivity index (χ4v) is 2.97. The standard InChI is InChI=1S/C20H24N4O2/c1-15(25)21-13-16-5-7-17(8-6-16)20(26)23-18-9-10-19(22-14-18)24-11-3-2-4-12-24/h5-10,14H,2-4,11-13H2,1H3,(H,21,25)(H,23,26). The number of pyridine rings is 1. The summed E-state index contributed by atoms with van der Waals surface area (Å²) in [6, 6.07) is 11.0. The number of nitrogens with zero attached hydrogens (tertiary/aromatic N) is 2. The Hall–Kier alpha value is -2.89. The molecule has 2 amide bonds. The van der Waals surface area contributed by atoms with Crippen LogP contribution in [0.3, 0.4) is 0 Å².